The van der Waals surface area contributed by atoms with Crippen LogP contribution in [0.15, 0.2) is 30.3 Å². The summed E-state index contributed by atoms with van der Waals surface area (Å²) in [6.45, 7) is 19.7. The lowest BCUT2D eigenvalue weighted by atomic mass is 9.96. The van der Waals surface area contributed by atoms with Crippen molar-refractivity contribution in [1.82, 2.24) is 63.0 Å². The summed E-state index contributed by atoms with van der Waals surface area (Å²) in [5.41, 5.74) is 6.60. The van der Waals surface area contributed by atoms with E-state index >= 15 is 0 Å². The number of benzene rings is 1. The molecule has 30 nitrogen and oxygen atoms in total. The number of hydrogen-bond donors (Lipinski definition) is 15. The molecule has 528 valence electrons. The van der Waals surface area contributed by atoms with Crippen molar-refractivity contribution >= 4 is 76.9 Å². The highest BCUT2D eigenvalue weighted by atomic mass is 16.4. The number of carbonyl (C=O) groups excluding carboxylic acids is 12. The molecule has 2 aliphatic rings. The first-order valence-corrected chi connectivity index (χ1v) is 32.6. The van der Waals surface area contributed by atoms with Crippen LogP contribution in [0.25, 0.3) is 0 Å². The van der Waals surface area contributed by atoms with Crippen molar-refractivity contribution in [3.05, 3.63) is 35.9 Å². The molecule has 30 heteroatoms. The number of rotatable bonds is 37. The van der Waals surface area contributed by atoms with E-state index in [4.69, 9.17) is 5.73 Å². The number of aliphatic carboxylic acids is 1. The topological polar surface area (TPSA) is 456 Å². The van der Waals surface area contributed by atoms with E-state index in [0.717, 1.165) is 0 Å². The molecular weight excluding hydrogens is 1220 g/mol. The van der Waals surface area contributed by atoms with Crippen LogP contribution in [0.5, 0.6) is 0 Å². The van der Waals surface area contributed by atoms with Gasteiger partial charge in [0, 0.05) is 19.5 Å². The third-order valence-electron chi connectivity index (χ3n) is 16.7. The van der Waals surface area contributed by atoms with Crippen LogP contribution < -0.4 is 58.9 Å². The summed E-state index contributed by atoms with van der Waals surface area (Å²) in [6, 6.07) is -7.35. The van der Waals surface area contributed by atoms with Crippen molar-refractivity contribution in [3.63, 3.8) is 0 Å². The maximum Gasteiger partial charge on any atom is 0.326 e. The number of nitrogens with zero attached hydrogens (tertiary/aromatic N) is 2. The van der Waals surface area contributed by atoms with E-state index in [-0.39, 0.29) is 62.9 Å². The molecule has 3 rings (SSSR count). The Balaban J connectivity index is 1.70. The molecule has 12 amide bonds. The molecule has 0 radical (unpaired) electrons. The number of carbonyl (C=O) groups is 13. The standard InChI is InChI=1S/C64H105N13O17/c1-14-37(12)51(61(90)67-40(26-32(2)3)53(82)70-44(31-79)55(84)71-43(30-78)54(83)69-42(64(93)94)28-39-20-16-15-17-21-39)74-57(86)46-23-18-24-76(46)47(81)29-66-56(85)45-22-19-25-77(45)63(92)41(27-33(4)5)68-62(91)52(38(13)80)75-60(89)50(36(10)11)73-59(88)49(35(8)9)72-58(87)48(65)34(6)7/h15-17,20-21,32-38,40-46,48-52,78-80H,14,18-19,22-31,65H2,1-13H3,(H,66,85)(H,67,90)(H,68,91)(H,69,83)(H,70,82)(H,71,84)(H,72,87)(H,73,88)(H,74,86)(H,75,89)(H,93,94)/t37-,38+,40-,41-,42-,43-,44-,45-,46-,48-,49-,50-,51-,52-/m0/s1. The highest BCUT2D eigenvalue weighted by Gasteiger charge is 2.43. The van der Waals surface area contributed by atoms with Gasteiger partial charge in [0.15, 0.2) is 0 Å². The van der Waals surface area contributed by atoms with Crippen molar-refractivity contribution in [3.8, 4) is 0 Å². The zero-order chi connectivity index (χ0) is 71.0. The highest BCUT2D eigenvalue weighted by molar-refractivity contribution is 6.00. The second-order valence-electron chi connectivity index (χ2n) is 26.4. The van der Waals surface area contributed by atoms with Crippen molar-refractivity contribution < 1.29 is 82.8 Å². The Labute approximate surface area is 550 Å². The Kier molecular flexibility index (Phi) is 32.9. The summed E-state index contributed by atoms with van der Waals surface area (Å²) < 4.78 is 0. The van der Waals surface area contributed by atoms with Crippen LogP contribution in [0, 0.1) is 35.5 Å². The van der Waals surface area contributed by atoms with Gasteiger partial charge in [-0.3, -0.25) is 57.5 Å². The molecule has 0 saturated carbocycles. The average Bonchev–Trinajstić information content (AvgIpc) is 1.56. The molecule has 2 heterocycles. The number of hydrogen-bond acceptors (Lipinski definition) is 17. The van der Waals surface area contributed by atoms with Crippen LogP contribution in [0.4, 0.5) is 0 Å². The average molecular weight is 1330 g/mol. The van der Waals surface area contributed by atoms with Crippen LogP contribution in [0.2, 0.25) is 0 Å². The summed E-state index contributed by atoms with van der Waals surface area (Å²) in [5, 5.41) is 66.3. The van der Waals surface area contributed by atoms with Gasteiger partial charge in [-0.1, -0.05) is 120 Å². The fraction of sp³-hybridized carbons (Fsp3) is 0.703. The minimum Gasteiger partial charge on any atom is -0.480 e. The van der Waals surface area contributed by atoms with Crippen molar-refractivity contribution in [1.29, 1.82) is 0 Å². The molecule has 2 fully saturated rings. The third kappa shape index (κ3) is 24.2. The summed E-state index contributed by atoms with van der Waals surface area (Å²) in [5.74, 6) is -13.1. The summed E-state index contributed by atoms with van der Waals surface area (Å²) >= 11 is 0. The third-order valence-corrected chi connectivity index (χ3v) is 16.7. The predicted octanol–water partition coefficient (Wildman–Crippen LogP) is -2.43. The normalized spacial score (nSPS) is 18.6. The van der Waals surface area contributed by atoms with Crippen LogP contribution in [0.1, 0.15) is 141 Å². The van der Waals surface area contributed by atoms with E-state index in [9.17, 15) is 82.8 Å². The van der Waals surface area contributed by atoms with E-state index in [2.05, 4.69) is 53.2 Å². The lowest BCUT2D eigenvalue weighted by Gasteiger charge is -2.32. The number of aliphatic hydroxyl groups excluding tert-OH is 3. The lowest BCUT2D eigenvalue weighted by Crippen LogP contribution is -2.62. The maximum atomic E-state index is 14.4. The minimum atomic E-state index is -1.72. The lowest BCUT2D eigenvalue weighted by molar-refractivity contribution is -0.143. The van der Waals surface area contributed by atoms with Gasteiger partial charge in [-0.15, -0.1) is 0 Å². The van der Waals surface area contributed by atoms with Gasteiger partial charge in [-0.05, 0) is 86.5 Å². The van der Waals surface area contributed by atoms with Gasteiger partial charge in [0.2, 0.25) is 70.9 Å². The van der Waals surface area contributed by atoms with Crippen LogP contribution in [-0.4, -0.2) is 219 Å². The van der Waals surface area contributed by atoms with Gasteiger partial charge in [-0.25, -0.2) is 4.79 Å². The SMILES string of the molecule is CC[C@H](C)[C@H](NC(=O)[C@@H]1CCCN1C(=O)CNC(=O)[C@@H]1CCCN1C(=O)[C@H](CC(C)C)NC(=O)[C@@H](NC(=O)[C@@H](NC(=O)[C@@H](NC(=O)[C@@H](N)C(C)C)C(C)C)C(C)C)[C@@H](C)O)C(=O)N[C@@H](CC(C)C)C(=O)N[C@@H](CO)C(=O)N[C@@H](CO)C(=O)N[C@@H](Cc1ccccc1)C(=O)O. The van der Waals surface area contributed by atoms with Crippen LogP contribution in [-0.2, 0) is 68.7 Å². The molecule has 0 bridgehead atoms. The van der Waals surface area contributed by atoms with Crippen LogP contribution in [0.3, 0.4) is 0 Å². The van der Waals surface area contributed by atoms with E-state index in [1.165, 1.54) is 16.7 Å². The second-order valence-corrected chi connectivity index (χ2v) is 26.4. The molecule has 16 N–H and O–H groups in total. The molecular formula is C64H105N13O17. The number of likely N-dealkylation sites (tertiary alicyclic amines) is 2. The number of nitrogens with one attached hydrogen (secondary N) is 10. The zero-order valence-electron chi connectivity index (χ0n) is 56.6. The summed E-state index contributed by atoms with van der Waals surface area (Å²) in [4.78, 5) is 180. The van der Waals surface area contributed by atoms with Gasteiger partial charge in [-0.2, -0.15) is 0 Å². The summed E-state index contributed by atoms with van der Waals surface area (Å²) in [6.07, 6.45) is -0.0426. The van der Waals surface area contributed by atoms with Crippen molar-refractivity contribution in [2.75, 3.05) is 32.8 Å². The van der Waals surface area contributed by atoms with Gasteiger partial charge in [0.05, 0.1) is 31.9 Å². The Morgan fingerprint density at radius 1 is 0.500 bits per heavy atom. The predicted molar refractivity (Wildman–Crippen MR) is 344 cm³/mol. The Morgan fingerprint density at radius 2 is 0.926 bits per heavy atom. The van der Waals surface area contributed by atoms with Gasteiger partial charge >= 0.3 is 5.97 Å². The molecule has 2 aliphatic heterocycles. The molecule has 0 spiro atoms. The molecule has 1 aromatic rings. The fourth-order valence-electron chi connectivity index (χ4n) is 10.9. The molecule has 2 saturated heterocycles. The first-order valence-electron chi connectivity index (χ1n) is 32.6. The molecule has 0 aromatic heterocycles. The first-order chi connectivity index (χ1) is 44.1. The first kappa shape index (κ1) is 80.4. The van der Waals surface area contributed by atoms with E-state index in [0.29, 0.717) is 24.8 Å². The molecule has 94 heavy (non-hydrogen) atoms. The van der Waals surface area contributed by atoms with Gasteiger partial charge in [0.25, 0.3) is 0 Å². The zero-order valence-corrected chi connectivity index (χ0v) is 56.6. The minimum absolute atomic E-state index is 0.00621. The molecule has 0 aliphatic carbocycles. The van der Waals surface area contributed by atoms with Gasteiger partial charge < -0.3 is 89.1 Å². The smallest absolute Gasteiger partial charge is 0.326 e. The highest BCUT2D eigenvalue weighted by Crippen LogP contribution is 2.23. The Hall–Kier alpha value is -7.83. The summed E-state index contributed by atoms with van der Waals surface area (Å²) in [7, 11) is 0. The molecule has 0 unspecified atom stereocenters. The number of aliphatic hydroxyl groups is 3. The van der Waals surface area contributed by atoms with Crippen LogP contribution >= 0.6 is 0 Å². The van der Waals surface area contributed by atoms with E-state index in [1.807, 2.05) is 0 Å². The largest absolute Gasteiger partial charge is 0.480 e. The number of carboxylic acid groups (broad SMARTS) is 1. The monoisotopic (exact) mass is 1330 g/mol. The number of amides is 12. The quantitative estimate of drug-likeness (QED) is 0.0329. The number of nitrogens with two attached hydrogens (primary N) is 1. The van der Waals surface area contributed by atoms with E-state index < -0.39 is 193 Å². The molecule has 1 aromatic carbocycles. The van der Waals surface area contributed by atoms with E-state index in [1.54, 1.807) is 113 Å². The fourth-order valence-corrected chi connectivity index (χ4v) is 10.9. The van der Waals surface area contributed by atoms with Crippen molar-refractivity contribution in [2.45, 2.75) is 220 Å². The molecule has 14 atom stereocenters. The Morgan fingerprint density at radius 3 is 1.39 bits per heavy atom. The van der Waals surface area contributed by atoms with Gasteiger partial charge in [0.1, 0.15) is 66.5 Å². The maximum absolute atomic E-state index is 14.4. The van der Waals surface area contributed by atoms with Crippen molar-refractivity contribution in [2.24, 2.45) is 41.2 Å². The number of carboxylic acids is 1. The Bertz CT molecular complexity index is 2770. The second kappa shape index (κ2) is 38.5.